The summed E-state index contributed by atoms with van der Waals surface area (Å²) in [4.78, 5) is 48.8. The molecule has 0 aliphatic carbocycles. The number of aliphatic hydroxyl groups is 4. The van der Waals surface area contributed by atoms with E-state index in [1.807, 2.05) is 5.73 Å². The van der Waals surface area contributed by atoms with E-state index >= 15 is 0 Å². The third-order valence-corrected chi connectivity index (χ3v) is 5.45. The van der Waals surface area contributed by atoms with E-state index < -0.39 is 98.2 Å². The Labute approximate surface area is 203 Å². The van der Waals surface area contributed by atoms with Crippen molar-refractivity contribution in [3.05, 3.63) is 0 Å². The molecule has 1 rings (SSSR count). The van der Waals surface area contributed by atoms with Crippen LogP contribution in [0, 0.1) is 0 Å². The second-order valence-electron chi connectivity index (χ2n) is 8.44. The van der Waals surface area contributed by atoms with E-state index in [-0.39, 0.29) is 6.42 Å². The van der Waals surface area contributed by atoms with Crippen LogP contribution in [0.15, 0.2) is 0 Å². The maximum absolute atomic E-state index is 13.1. The lowest BCUT2D eigenvalue weighted by Gasteiger charge is -2.44. The lowest BCUT2D eigenvalue weighted by atomic mass is 9.96. The molecular formula is C20H36N4O11. The van der Waals surface area contributed by atoms with Crippen molar-refractivity contribution in [2.45, 2.75) is 88.5 Å². The summed E-state index contributed by atoms with van der Waals surface area (Å²) in [5, 5.41) is 51.6. The van der Waals surface area contributed by atoms with Crippen molar-refractivity contribution in [3.63, 3.8) is 0 Å². The van der Waals surface area contributed by atoms with Gasteiger partial charge in [0.25, 0.3) is 0 Å². The molecule has 9 atom stereocenters. The summed E-state index contributed by atoms with van der Waals surface area (Å²) in [6.07, 6.45) is -9.09. The molecule has 1 fully saturated rings. The first-order valence-corrected chi connectivity index (χ1v) is 11.0. The first kappa shape index (κ1) is 28.8. The topological polar surface area (TPSA) is 255 Å². The number of hydrogen-bond donors (Lipinski definition) is 8. The lowest BCUT2D eigenvalue weighted by Crippen LogP contribution is -2.65. The lowest BCUT2D eigenvalue weighted by molar-refractivity contribution is -0.268. The van der Waals surface area contributed by atoms with Crippen molar-refractivity contribution < 1.29 is 55.6 Å². The number of rotatable bonds is 14. The molecule has 0 aromatic heterocycles. The highest BCUT2D eigenvalue weighted by molar-refractivity contribution is 5.89. The smallest absolute Gasteiger partial charge is 0.303 e. The number of ether oxygens (including phenoxy) is 2. The monoisotopic (exact) mass is 509 g/mol. The fourth-order valence-corrected chi connectivity index (χ4v) is 3.69. The van der Waals surface area contributed by atoms with Crippen LogP contribution in [0.4, 0.5) is 0 Å². The number of amides is 3. The Morgan fingerprint density at radius 1 is 1.26 bits per heavy atom. The molecule has 1 aliphatic rings. The Hall–Kier alpha value is -2.40. The number of carbonyl (C=O) groups is 4. The second-order valence-corrected chi connectivity index (χ2v) is 8.44. The van der Waals surface area contributed by atoms with Gasteiger partial charge in [0.05, 0.1) is 18.8 Å². The van der Waals surface area contributed by atoms with Crippen LogP contribution in [0.2, 0.25) is 1.41 Å². The zero-order valence-electron chi connectivity index (χ0n) is 20.7. The number of aliphatic hydroxyl groups excluding tert-OH is 4. The van der Waals surface area contributed by atoms with Crippen LogP contribution in [-0.4, -0.2) is 122 Å². The maximum atomic E-state index is 13.1. The Kier molecular flexibility index (Phi) is 11.2. The molecule has 1 unspecified atom stereocenters. The zero-order valence-corrected chi connectivity index (χ0v) is 19.7. The van der Waals surface area contributed by atoms with Crippen molar-refractivity contribution >= 4 is 23.7 Å². The summed E-state index contributed by atoms with van der Waals surface area (Å²) >= 11 is 0. The fraction of sp³-hybridized carbons (Fsp3) is 0.800. The number of aliphatic carboxylic acids is 1. The molecule has 0 bridgehead atoms. The molecule has 0 aromatic carbocycles. The van der Waals surface area contributed by atoms with Gasteiger partial charge >= 0.3 is 5.97 Å². The quantitative estimate of drug-likeness (QED) is 0.110. The van der Waals surface area contributed by atoms with E-state index in [9.17, 15) is 39.6 Å². The number of carbonyl (C=O) groups excluding carboxylic acids is 3. The third-order valence-electron chi connectivity index (χ3n) is 5.45. The van der Waals surface area contributed by atoms with E-state index in [1.54, 1.807) is 0 Å². The molecule has 1 saturated heterocycles. The van der Waals surface area contributed by atoms with E-state index in [0.717, 1.165) is 11.8 Å². The van der Waals surface area contributed by atoms with Crippen LogP contribution >= 0.6 is 0 Å². The number of carboxylic acids is 1. The molecule has 1 aliphatic heterocycles. The summed E-state index contributed by atoms with van der Waals surface area (Å²) in [6.45, 7) is 2.70. The molecule has 15 nitrogen and oxygen atoms in total. The summed E-state index contributed by atoms with van der Waals surface area (Å²) in [6, 6.07) is -4.22. The Bertz CT molecular complexity index is 774. The van der Waals surface area contributed by atoms with Crippen molar-refractivity contribution in [2.24, 2.45) is 11.5 Å². The standard InChI is InChI=1S/C20H36N4O11/c1-8(34-17-15(23-10(3)27)20(33)35-12(7-25)16(17)30)6-24(19(32)14(21)9(2)26)11(18(22)31)4-5-13(28)29/h8-9,11-12,14-17,20,25-26,30,33H,4-7,21H2,1-3H3,(H2,22,31)(H,23,27)(H,28,29)/t8?,9-,11+,12-,14+,15-,16-,17-,20+/m1/s1/i/hD. The van der Waals surface area contributed by atoms with Crippen LogP contribution in [0.25, 0.3) is 0 Å². The third kappa shape index (κ3) is 8.64. The molecule has 3 amide bonds. The minimum atomic E-state index is -1.66. The van der Waals surface area contributed by atoms with E-state index in [4.69, 9.17) is 21.7 Å². The van der Waals surface area contributed by atoms with Crippen molar-refractivity contribution in [1.29, 1.82) is 0 Å². The van der Waals surface area contributed by atoms with Crippen LogP contribution in [0.3, 0.4) is 0 Å². The number of primary amides is 1. The molecule has 10 N–H and O–H groups in total. The number of hydrogen-bond acceptors (Lipinski definition) is 11. The molecular weight excluding hydrogens is 472 g/mol. The highest BCUT2D eigenvalue weighted by atomic mass is 16.6. The Morgan fingerprint density at radius 2 is 1.89 bits per heavy atom. The van der Waals surface area contributed by atoms with Crippen LogP contribution < -0.4 is 16.8 Å². The number of carboxylic acid groups (broad SMARTS) is 1. The minimum Gasteiger partial charge on any atom is -0.481 e. The van der Waals surface area contributed by atoms with Gasteiger partial charge in [-0.3, -0.25) is 19.2 Å². The van der Waals surface area contributed by atoms with Gasteiger partial charge in [-0.05, 0) is 20.3 Å². The zero-order chi connectivity index (χ0) is 27.7. The fourth-order valence-electron chi connectivity index (χ4n) is 3.69. The molecule has 0 saturated carbocycles. The van der Waals surface area contributed by atoms with E-state index in [1.165, 1.54) is 13.8 Å². The van der Waals surface area contributed by atoms with Gasteiger partial charge in [0.15, 0.2) is 6.29 Å². The SMILES string of the molecule is [2H]N[C@H](C(=O)N(CC(C)O[C@H]1[C@H](O)[C@@H](CO)O[C@H](O)[C@@H]1NC(C)=O)[C@@H](CCC(=O)O)C(N)=O)[C@@H](C)O. The van der Waals surface area contributed by atoms with Crippen molar-refractivity contribution in [3.8, 4) is 0 Å². The van der Waals surface area contributed by atoms with Gasteiger partial charge in [-0.25, -0.2) is 0 Å². The Balaban J connectivity index is 3.27. The molecule has 0 spiro atoms. The predicted molar refractivity (Wildman–Crippen MR) is 117 cm³/mol. The van der Waals surface area contributed by atoms with Crippen molar-refractivity contribution in [2.75, 3.05) is 13.2 Å². The normalized spacial score (nSPS) is 28.2. The highest BCUT2D eigenvalue weighted by Crippen LogP contribution is 2.24. The van der Waals surface area contributed by atoms with E-state index in [2.05, 4.69) is 5.32 Å². The average Bonchev–Trinajstić information content (AvgIpc) is 2.77. The molecule has 0 aromatic rings. The molecule has 35 heavy (non-hydrogen) atoms. The maximum Gasteiger partial charge on any atom is 0.303 e. The summed E-state index contributed by atoms with van der Waals surface area (Å²) in [5.41, 5.74) is 7.32. The number of nitrogens with two attached hydrogens (primary N) is 2. The van der Waals surface area contributed by atoms with Gasteiger partial charge in [0, 0.05) is 19.9 Å². The van der Waals surface area contributed by atoms with Crippen molar-refractivity contribution in [1.82, 2.24) is 10.2 Å². The number of nitrogens with zero attached hydrogens (tertiary/aromatic N) is 1. The summed E-state index contributed by atoms with van der Waals surface area (Å²) in [7, 11) is 0. The molecule has 15 heteroatoms. The van der Waals surface area contributed by atoms with Gasteiger partial charge < -0.3 is 56.7 Å². The second kappa shape index (κ2) is 13.6. The van der Waals surface area contributed by atoms with Crippen LogP contribution in [-0.2, 0) is 28.7 Å². The summed E-state index contributed by atoms with van der Waals surface area (Å²) < 4.78 is 18.3. The molecule has 1 heterocycles. The first-order valence-electron chi connectivity index (χ1n) is 11.5. The first-order chi connectivity index (χ1) is 16.7. The largest absolute Gasteiger partial charge is 0.481 e. The van der Waals surface area contributed by atoms with Crippen LogP contribution in [0.1, 0.15) is 33.6 Å². The van der Waals surface area contributed by atoms with Gasteiger partial charge in [0.2, 0.25) is 17.7 Å². The number of nitrogens with one attached hydrogen (secondary N) is 1. The van der Waals surface area contributed by atoms with Gasteiger partial charge in [-0.1, -0.05) is 0 Å². The average molecular weight is 510 g/mol. The van der Waals surface area contributed by atoms with Gasteiger partial charge in [-0.15, -0.1) is 0 Å². The minimum absolute atomic E-state index is 0.368. The molecule has 0 radical (unpaired) electrons. The van der Waals surface area contributed by atoms with Gasteiger partial charge in [-0.2, -0.15) is 0 Å². The highest BCUT2D eigenvalue weighted by Gasteiger charge is 2.46. The summed E-state index contributed by atoms with van der Waals surface area (Å²) in [5.74, 6) is -3.82. The Morgan fingerprint density at radius 3 is 2.34 bits per heavy atom. The molecule has 202 valence electrons. The van der Waals surface area contributed by atoms with Crippen LogP contribution in [0.5, 0.6) is 0 Å². The predicted octanol–water partition coefficient (Wildman–Crippen LogP) is -4.41. The van der Waals surface area contributed by atoms with E-state index in [0.29, 0.717) is 0 Å². The van der Waals surface area contributed by atoms with Gasteiger partial charge in [0.1, 0.15) is 37.8 Å².